The van der Waals surface area contributed by atoms with Crippen LogP contribution in [0.5, 0.6) is 0 Å². The minimum Gasteiger partial charge on any atom is -0.238 e. The van der Waals surface area contributed by atoms with Crippen LogP contribution in [0.3, 0.4) is 0 Å². The first-order chi connectivity index (χ1) is 8.04. The van der Waals surface area contributed by atoms with Crippen molar-refractivity contribution >= 4 is 11.6 Å². The summed E-state index contributed by atoms with van der Waals surface area (Å²) in [4.78, 5) is 0. The van der Waals surface area contributed by atoms with Gasteiger partial charge in [0.05, 0.1) is 11.4 Å². The van der Waals surface area contributed by atoms with Crippen molar-refractivity contribution in [2.45, 2.75) is 33.6 Å². The summed E-state index contributed by atoms with van der Waals surface area (Å²) in [6.45, 7) is 8.33. The third kappa shape index (κ3) is 2.09. The first-order valence-electron chi connectivity index (χ1n) is 5.73. The fourth-order valence-electron chi connectivity index (χ4n) is 1.93. The molecule has 0 saturated heterocycles. The van der Waals surface area contributed by atoms with Crippen LogP contribution in [0.4, 0.5) is 0 Å². The van der Waals surface area contributed by atoms with Crippen molar-refractivity contribution in [2.75, 3.05) is 0 Å². The molecular weight excluding hydrogens is 232 g/mol. The summed E-state index contributed by atoms with van der Waals surface area (Å²) in [6, 6.07) is 6.28. The lowest BCUT2D eigenvalue weighted by molar-refractivity contribution is 0.831. The van der Waals surface area contributed by atoms with Crippen molar-refractivity contribution in [1.29, 1.82) is 0 Å². The number of aromatic nitrogens is 2. The van der Waals surface area contributed by atoms with E-state index < -0.39 is 0 Å². The number of nitrogens with zero attached hydrogens (tertiary/aromatic N) is 2. The van der Waals surface area contributed by atoms with E-state index in [2.05, 4.69) is 44.1 Å². The molecule has 0 bridgehead atoms. The largest absolute Gasteiger partial charge is 0.238 e. The minimum absolute atomic E-state index is 0.558. The molecule has 90 valence electrons. The summed E-state index contributed by atoms with van der Waals surface area (Å²) < 4.78 is 2.00. The molecule has 0 saturated carbocycles. The molecule has 2 aromatic rings. The van der Waals surface area contributed by atoms with Gasteiger partial charge in [-0.25, -0.2) is 4.68 Å². The Bertz CT molecular complexity index is 556. The molecule has 0 radical (unpaired) electrons. The highest BCUT2D eigenvalue weighted by molar-refractivity contribution is 6.17. The summed E-state index contributed by atoms with van der Waals surface area (Å²) in [6.07, 6.45) is 0. The lowest BCUT2D eigenvalue weighted by Crippen LogP contribution is -2.00. The second-order valence-electron chi connectivity index (χ2n) is 4.45. The van der Waals surface area contributed by atoms with Gasteiger partial charge in [0.25, 0.3) is 0 Å². The molecule has 0 fully saturated rings. The van der Waals surface area contributed by atoms with Gasteiger partial charge in [0, 0.05) is 11.6 Å². The molecule has 0 aliphatic heterocycles. The first kappa shape index (κ1) is 12.2. The number of rotatable bonds is 2. The molecule has 17 heavy (non-hydrogen) atoms. The Kier molecular flexibility index (Phi) is 3.25. The lowest BCUT2D eigenvalue weighted by Gasteiger charge is -2.08. The van der Waals surface area contributed by atoms with Gasteiger partial charge in [0.1, 0.15) is 0 Å². The first-order valence-corrected chi connectivity index (χ1v) is 6.26. The standard InChI is InChI=1S/C14H17ClN2/c1-9-7-14(6-5-13(9)8-15)17-12(4)10(2)11(3)16-17/h5-7H,8H2,1-4H3. The fourth-order valence-corrected chi connectivity index (χ4v) is 2.23. The normalized spacial score (nSPS) is 10.9. The maximum absolute atomic E-state index is 5.87. The van der Waals surface area contributed by atoms with Crippen molar-refractivity contribution in [2.24, 2.45) is 0 Å². The molecule has 0 atom stereocenters. The Morgan fingerprint density at radius 1 is 1.18 bits per heavy atom. The Morgan fingerprint density at radius 2 is 1.88 bits per heavy atom. The maximum Gasteiger partial charge on any atom is 0.0651 e. The number of aryl methyl sites for hydroxylation is 2. The topological polar surface area (TPSA) is 17.8 Å². The van der Waals surface area contributed by atoms with Gasteiger partial charge >= 0.3 is 0 Å². The van der Waals surface area contributed by atoms with E-state index >= 15 is 0 Å². The van der Waals surface area contributed by atoms with Crippen LogP contribution in [0.15, 0.2) is 18.2 Å². The maximum atomic E-state index is 5.87. The van der Waals surface area contributed by atoms with E-state index in [0.717, 1.165) is 11.4 Å². The van der Waals surface area contributed by atoms with Crippen molar-refractivity contribution in [3.8, 4) is 5.69 Å². The average molecular weight is 249 g/mol. The van der Waals surface area contributed by atoms with Crippen molar-refractivity contribution < 1.29 is 0 Å². The zero-order valence-corrected chi connectivity index (χ0v) is 11.5. The number of hydrogen-bond acceptors (Lipinski definition) is 1. The SMILES string of the molecule is Cc1cc(-n2nc(C)c(C)c2C)ccc1CCl. The van der Waals surface area contributed by atoms with Gasteiger partial charge in [-0.2, -0.15) is 5.10 Å². The van der Waals surface area contributed by atoms with Gasteiger partial charge in [-0.05, 0) is 56.5 Å². The van der Waals surface area contributed by atoms with E-state index in [1.807, 2.05) is 11.6 Å². The van der Waals surface area contributed by atoms with E-state index in [-0.39, 0.29) is 0 Å². The van der Waals surface area contributed by atoms with Crippen LogP contribution >= 0.6 is 11.6 Å². The molecule has 0 aliphatic rings. The molecule has 2 nitrogen and oxygen atoms in total. The van der Waals surface area contributed by atoms with Gasteiger partial charge in [-0.3, -0.25) is 0 Å². The van der Waals surface area contributed by atoms with E-state index in [1.54, 1.807) is 0 Å². The van der Waals surface area contributed by atoms with Crippen molar-refractivity contribution in [3.05, 3.63) is 46.3 Å². The highest BCUT2D eigenvalue weighted by Gasteiger charge is 2.09. The van der Waals surface area contributed by atoms with Crippen molar-refractivity contribution in [3.63, 3.8) is 0 Å². The van der Waals surface area contributed by atoms with Crippen LogP contribution in [0.1, 0.15) is 28.1 Å². The Morgan fingerprint density at radius 3 is 2.35 bits per heavy atom. The third-order valence-electron chi connectivity index (χ3n) is 3.37. The summed E-state index contributed by atoms with van der Waals surface area (Å²) in [7, 11) is 0. The Balaban J connectivity index is 2.53. The second-order valence-corrected chi connectivity index (χ2v) is 4.72. The fraction of sp³-hybridized carbons (Fsp3) is 0.357. The number of halogens is 1. The number of alkyl halides is 1. The number of hydrogen-bond donors (Lipinski definition) is 0. The van der Waals surface area contributed by atoms with E-state index in [9.17, 15) is 0 Å². The van der Waals surface area contributed by atoms with E-state index in [4.69, 9.17) is 11.6 Å². The predicted octanol–water partition coefficient (Wildman–Crippen LogP) is 3.84. The minimum atomic E-state index is 0.558. The summed E-state index contributed by atoms with van der Waals surface area (Å²) in [5.41, 5.74) is 7.02. The predicted molar refractivity (Wildman–Crippen MR) is 72.1 cm³/mol. The van der Waals surface area contributed by atoms with Crippen LogP contribution in [-0.2, 0) is 5.88 Å². The summed E-state index contributed by atoms with van der Waals surface area (Å²) in [5.74, 6) is 0.558. The summed E-state index contributed by atoms with van der Waals surface area (Å²) >= 11 is 5.87. The van der Waals surface area contributed by atoms with Gasteiger partial charge in [-0.1, -0.05) is 6.07 Å². The van der Waals surface area contributed by atoms with E-state index in [1.165, 1.54) is 22.4 Å². The number of benzene rings is 1. The molecular formula is C14H17ClN2. The molecule has 1 heterocycles. The molecule has 3 heteroatoms. The molecule has 2 rings (SSSR count). The lowest BCUT2D eigenvalue weighted by atomic mass is 10.1. The van der Waals surface area contributed by atoms with Crippen LogP contribution < -0.4 is 0 Å². The monoisotopic (exact) mass is 248 g/mol. The zero-order valence-electron chi connectivity index (χ0n) is 10.7. The van der Waals surface area contributed by atoms with Crippen LogP contribution in [-0.4, -0.2) is 9.78 Å². The Hall–Kier alpha value is -1.28. The second kappa shape index (κ2) is 4.53. The summed E-state index contributed by atoms with van der Waals surface area (Å²) in [5, 5.41) is 4.56. The molecule has 1 aromatic heterocycles. The van der Waals surface area contributed by atoms with Gasteiger partial charge in [-0.15, -0.1) is 11.6 Å². The van der Waals surface area contributed by atoms with Gasteiger partial charge in [0.15, 0.2) is 0 Å². The molecule has 0 N–H and O–H groups in total. The quantitative estimate of drug-likeness (QED) is 0.739. The average Bonchev–Trinajstić information content (AvgIpc) is 2.57. The highest BCUT2D eigenvalue weighted by atomic mass is 35.5. The smallest absolute Gasteiger partial charge is 0.0651 e. The van der Waals surface area contributed by atoms with Crippen LogP contribution in [0, 0.1) is 27.7 Å². The zero-order chi connectivity index (χ0) is 12.6. The molecule has 0 spiro atoms. The molecule has 1 aromatic carbocycles. The third-order valence-corrected chi connectivity index (χ3v) is 3.66. The van der Waals surface area contributed by atoms with Crippen LogP contribution in [0.25, 0.3) is 5.69 Å². The van der Waals surface area contributed by atoms with Gasteiger partial charge < -0.3 is 0 Å². The molecule has 0 amide bonds. The Labute approximate surface area is 107 Å². The van der Waals surface area contributed by atoms with Crippen molar-refractivity contribution in [1.82, 2.24) is 9.78 Å². The van der Waals surface area contributed by atoms with Gasteiger partial charge in [0.2, 0.25) is 0 Å². The van der Waals surface area contributed by atoms with Crippen LogP contribution in [0.2, 0.25) is 0 Å². The highest BCUT2D eigenvalue weighted by Crippen LogP contribution is 2.20. The molecule has 0 unspecified atom stereocenters. The molecule has 0 aliphatic carbocycles. The van der Waals surface area contributed by atoms with E-state index in [0.29, 0.717) is 5.88 Å².